The molecule has 0 radical (unpaired) electrons. The van der Waals surface area contributed by atoms with E-state index in [-0.39, 0.29) is 16.5 Å². The smallest absolute Gasteiger partial charge is 0.264 e. The van der Waals surface area contributed by atoms with Crippen molar-refractivity contribution in [1.29, 1.82) is 0 Å². The third-order valence-corrected chi connectivity index (χ3v) is 2.30. The van der Waals surface area contributed by atoms with Gasteiger partial charge in [0.1, 0.15) is 0 Å². The summed E-state index contributed by atoms with van der Waals surface area (Å²) < 4.78 is 0. The first kappa shape index (κ1) is 12.1. The third kappa shape index (κ3) is 2.53. The number of hydrogen-bond acceptors (Lipinski definition) is 4. The van der Waals surface area contributed by atoms with Gasteiger partial charge in [0.15, 0.2) is 0 Å². The van der Waals surface area contributed by atoms with Gasteiger partial charge >= 0.3 is 0 Å². The Labute approximate surface area is 92.2 Å². The monoisotopic (exact) mass is 224 g/mol. The predicted octanol–water partition coefficient (Wildman–Crippen LogP) is 2.57. The lowest BCUT2D eigenvalue weighted by molar-refractivity contribution is -0.537. The molecule has 0 aliphatic rings. The molecule has 1 atom stereocenters. The molecule has 86 valence electrons. The fourth-order valence-electron chi connectivity index (χ4n) is 1.54. The summed E-state index contributed by atoms with van der Waals surface area (Å²) in [5.41, 5.74) is 0.431. The van der Waals surface area contributed by atoms with Gasteiger partial charge in [-0.2, -0.15) is 0 Å². The molecular weight excluding hydrogens is 212 g/mol. The minimum Gasteiger partial charge on any atom is -0.264 e. The number of nitro benzene ring substituents is 1. The zero-order chi connectivity index (χ0) is 12.3. The second-order valence-corrected chi connectivity index (χ2v) is 3.82. The Bertz CT molecular complexity index is 400. The summed E-state index contributed by atoms with van der Waals surface area (Å²) in [6, 6.07) is 4.63. The van der Waals surface area contributed by atoms with Crippen molar-refractivity contribution in [3.63, 3.8) is 0 Å². The van der Waals surface area contributed by atoms with Crippen LogP contribution in [0.2, 0.25) is 0 Å². The van der Waals surface area contributed by atoms with Crippen LogP contribution in [0.15, 0.2) is 24.3 Å². The molecule has 1 rings (SSSR count). The van der Waals surface area contributed by atoms with Crippen molar-refractivity contribution in [3.8, 4) is 0 Å². The van der Waals surface area contributed by atoms with Crippen LogP contribution >= 0.6 is 0 Å². The van der Waals surface area contributed by atoms with Gasteiger partial charge in [-0.1, -0.05) is 13.8 Å². The van der Waals surface area contributed by atoms with E-state index in [9.17, 15) is 20.2 Å². The number of benzene rings is 1. The Balaban J connectivity index is 3.03. The van der Waals surface area contributed by atoms with E-state index in [4.69, 9.17) is 0 Å². The van der Waals surface area contributed by atoms with Crippen molar-refractivity contribution in [1.82, 2.24) is 0 Å². The first-order valence-corrected chi connectivity index (χ1v) is 4.81. The van der Waals surface area contributed by atoms with Crippen molar-refractivity contribution in [2.75, 3.05) is 0 Å². The van der Waals surface area contributed by atoms with E-state index in [1.807, 2.05) is 0 Å². The van der Waals surface area contributed by atoms with Crippen molar-refractivity contribution >= 4 is 5.69 Å². The molecule has 1 aromatic rings. The van der Waals surface area contributed by atoms with Gasteiger partial charge in [-0.15, -0.1) is 0 Å². The summed E-state index contributed by atoms with van der Waals surface area (Å²) in [6.07, 6.45) is 0. The van der Waals surface area contributed by atoms with Gasteiger partial charge in [-0.25, -0.2) is 0 Å². The molecule has 0 aliphatic carbocycles. The van der Waals surface area contributed by atoms with Crippen LogP contribution in [0.4, 0.5) is 5.69 Å². The fraction of sp³-hybridized carbons (Fsp3) is 0.400. The molecule has 0 heterocycles. The minimum absolute atomic E-state index is 0.0606. The van der Waals surface area contributed by atoms with Crippen LogP contribution in [0.3, 0.4) is 0 Å². The number of hydrogen-bond donors (Lipinski definition) is 0. The minimum atomic E-state index is -0.819. The average Bonchev–Trinajstić information content (AvgIpc) is 2.17. The molecule has 16 heavy (non-hydrogen) atoms. The molecule has 0 spiro atoms. The summed E-state index contributed by atoms with van der Waals surface area (Å²) in [5.74, 6) is -0.156. The molecule has 1 aromatic carbocycles. The number of nitrogens with zero attached hydrogens (tertiary/aromatic N) is 2. The lowest BCUT2D eigenvalue weighted by Gasteiger charge is -2.12. The Morgan fingerprint density at radius 1 is 1.06 bits per heavy atom. The van der Waals surface area contributed by atoms with Gasteiger partial charge in [0, 0.05) is 28.5 Å². The zero-order valence-electron chi connectivity index (χ0n) is 8.99. The van der Waals surface area contributed by atoms with Crippen LogP contribution in [0.1, 0.15) is 25.5 Å². The number of non-ortho nitro benzene ring substituents is 1. The highest BCUT2D eigenvalue weighted by Crippen LogP contribution is 2.26. The van der Waals surface area contributed by atoms with E-state index < -0.39 is 11.0 Å². The van der Waals surface area contributed by atoms with Gasteiger partial charge in [0.05, 0.1) is 4.92 Å². The molecule has 1 unspecified atom stereocenters. The Hall–Kier alpha value is -1.98. The quantitative estimate of drug-likeness (QED) is 0.580. The predicted molar refractivity (Wildman–Crippen MR) is 57.7 cm³/mol. The van der Waals surface area contributed by atoms with Gasteiger partial charge in [0.25, 0.3) is 5.69 Å². The molecule has 6 heteroatoms. The van der Waals surface area contributed by atoms with Crippen LogP contribution in [0.5, 0.6) is 0 Å². The number of rotatable bonds is 4. The van der Waals surface area contributed by atoms with Crippen molar-refractivity contribution in [3.05, 3.63) is 50.1 Å². The van der Waals surface area contributed by atoms with Gasteiger partial charge in [-0.3, -0.25) is 20.2 Å². The first-order chi connectivity index (χ1) is 7.43. The topological polar surface area (TPSA) is 86.3 Å². The van der Waals surface area contributed by atoms with Crippen LogP contribution in [-0.2, 0) is 0 Å². The molecule has 6 nitrogen and oxygen atoms in total. The highest BCUT2D eigenvalue weighted by atomic mass is 16.6. The van der Waals surface area contributed by atoms with E-state index in [1.54, 1.807) is 13.8 Å². The van der Waals surface area contributed by atoms with Crippen molar-refractivity contribution < 1.29 is 9.85 Å². The Morgan fingerprint density at radius 2 is 1.56 bits per heavy atom. The van der Waals surface area contributed by atoms with E-state index in [2.05, 4.69) is 0 Å². The summed E-state index contributed by atoms with van der Waals surface area (Å²) in [6.45, 7) is 3.49. The first-order valence-electron chi connectivity index (χ1n) is 4.81. The van der Waals surface area contributed by atoms with E-state index >= 15 is 0 Å². The normalized spacial score (nSPS) is 12.4. The van der Waals surface area contributed by atoms with Gasteiger partial charge in [-0.05, 0) is 12.1 Å². The average molecular weight is 224 g/mol. The van der Waals surface area contributed by atoms with Crippen molar-refractivity contribution in [2.45, 2.75) is 19.9 Å². The highest BCUT2D eigenvalue weighted by molar-refractivity contribution is 5.33. The lowest BCUT2D eigenvalue weighted by atomic mass is 9.97. The summed E-state index contributed by atoms with van der Waals surface area (Å²) in [4.78, 5) is 20.4. The molecule has 0 amide bonds. The zero-order valence-corrected chi connectivity index (χ0v) is 8.99. The SMILES string of the molecule is CC(C)C(c1ccc([N+](=O)[O-])cc1)[N+](=O)[O-]. The van der Waals surface area contributed by atoms with Gasteiger partial charge in [0.2, 0.25) is 6.04 Å². The maximum absolute atomic E-state index is 10.8. The third-order valence-electron chi connectivity index (χ3n) is 2.30. The maximum Gasteiger partial charge on any atom is 0.269 e. The molecule has 0 fully saturated rings. The van der Waals surface area contributed by atoms with E-state index in [0.717, 1.165) is 0 Å². The molecule has 0 N–H and O–H groups in total. The summed E-state index contributed by atoms with van der Waals surface area (Å²) in [5, 5.41) is 21.3. The lowest BCUT2D eigenvalue weighted by Crippen LogP contribution is -2.16. The standard InChI is InChI=1S/C10H12N2O4/c1-7(2)10(12(15)16)8-3-5-9(6-4-8)11(13)14/h3-7,10H,1-2H3. The van der Waals surface area contributed by atoms with Crippen LogP contribution in [-0.4, -0.2) is 9.85 Å². The van der Waals surface area contributed by atoms with Crippen LogP contribution < -0.4 is 0 Å². The molecule has 0 saturated carbocycles. The van der Waals surface area contributed by atoms with Crippen LogP contribution in [0, 0.1) is 26.1 Å². The van der Waals surface area contributed by atoms with E-state index in [1.165, 1.54) is 24.3 Å². The maximum atomic E-state index is 10.8. The Kier molecular flexibility index (Phi) is 3.55. The van der Waals surface area contributed by atoms with Crippen LogP contribution in [0.25, 0.3) is 0 Å². The highest BCUT2D eigenvalue weighted by Gasteiger charge is 2.26. The molecule has 0 aromatic heterocycles. The molecule has 0 aliphatic heterocycles. The Morgan fingerprint density at radius 3 is 1.88 bits per heavy atom. The molecule has 0 bridgehead atoms. The number of nitro groups is 2. The largest absolute Gasteiger partial charge is 0.269 e. The second kappa shape index (κ2) is 4.69. The summed E-state index contributed by atoms with van der Waals surface area (Å²) in [7, 11) is 0. The molecular formula is C10H12N2O4. The summed E-state index contributed by atoms with van der Waals surface area (Å²) >= 11 is 0. The fourth-order valence-corrected chi connectivity index (χ4v) is 1.54. The van der Waals surface area contributed by atoms with Crippen molar-refractivity contribution in [2.24, 2.45) is 5.92 Å². The molecule has 0 saturated heterocycles. The van der Waals surface area contributed by atoms with E-state index in [0.29, 0.717) is 5.56 Å². The second-order valence-electron chi connectivity index (χ2n) is 3.82. The van der Waals surface area contributed by atoms with Gasteiger partial charge < -0.3 is 0 Å².